The standard InChI is InChI=1S/C19H18ClN3O2.ClH/c20-19-16(23-17-12-24-11-15(21)14(17)9-22-23)7-4-8-18(19)25-10-13-5-2-1-3-6-13;/h1-9,15H,10-12,21H2;1H/t15-;/m1./s1. The van der Waals surface area contributed by atoms with Gasteiger partial charge < -0.3 is 15.2 Å². The van der Waals surface area contributed by atoms with Gasteiger partial charge in [0.15, 0.2) is 0 Å². The third kappa shape index (κ3) is 3.57. The number of nitrogens with two attached hydrogens (primary N) is 1. The summed E-state index contributed by atoms with van der Waals surface area (Å²) in [6.45, 7) is 1.43. The van der Waals surface area contributed by atoms with Crippen LogP contribution in [0.1, 0.15) is 22.9 Å². The van der Waals surface area contributed by atoms with E-state index in [0.717, 1.165) is 22.5 Å². The summed E-state index contributed by atoms with van der Waals surface area (Å²) in [7, 11) is 0. The Kier molecular flexibility index (Phi) is 5.84. The SMILES string of the molecule is Cl.N[C@@H]1COCc2c1cnn2-c1cccc(OCc2ccccc2)c1Cl. The molecule has 2 heterocycles. The van der Waals surface area contributed by atoms with Gasteiger partial charge in [-0.25, -0.2) is 4.68 Å². The summed E-state index contributed by atoms with van der Waals surface area (Å²) < 4.78 is 13.2. The van der Waals surface area contributed by atoms with Crippen LogP contribution in [0.2, 0.25) is 5.02 Å². The quantitative estimate of drug-likeness (QED) is 0.728. The molecule has 0 amide bonds. The van der Waals surface area contributed by atoms with Crippen LogP contribution in [0.25, 0.3) is 5.69 Å². The van der Waals surface area contributed by atoms with Crippen LogP contribution in [0.5, 0.6) is 5.75 Å². The Labute approximate surface area is 163 Å². The van der Waals surface area contributed by atoms with Crippen molar-refractivity contribution in [1.82, 2.24) is 9.78 Å². The molecule has 0 unspecified atom stereocenters. The first-order valence-electron chi connectivity index (χ1n) is 8.10. The molecule has 136 valence electrons. The molecule has 1 aromatic heterocycles. The third-order valence-corrected chi connectivity index (χ3v) is 4.62. The second-order valence-electron chi connectivity index (χ2n) is 5.94. The highest BCUT2D eigenvalue weighted by Gasteiger charge is 2.24. The zero-order chi connectivity index (χ0) is 17.2. The molecule has 1 aliphatic rings. The zero-order valence-corrected chi connectivity index (χ0v) is 15.5. The maximum atomic E-state index is 6.59. The molecule has 0 spiro atoms. The molecule has 4 rings (SSSR count). The molecule has 0 radical (unpaired) electrons. The van der Waals surface area contributed by atoms with Gasteiger partial charge in [0.25, 0.3) is 0 Å². The van der Waals surface area contributed by atoms with Gasteiger partial charge in [0.05, 0.1) is 36.8 Å². The average molecular weight is 392 g/mol. The first-order valence-corrected chi connectivity index (χ1v) is 8.47. The predicted molar refractivity (Wildman–Crippen MR) is 103 cm³/mol. The summed E-state index contributed by atoms with van der Waals surface area (Å²) in [5.74, 6) is 0.619. The molecule has 2 aromatic carbocycles. The van der Waals surface area contributed by atoms with Gasteiger partial charge in [0, 0.05) is 5.56 Å². The van der Waals surface area contributed by atoms with Crippen LogP contribution in [-0.2, 0) is 18.0 Å². The van der Waals surface area contributed by atoms with E-state index in [2.05, 4.69) is 5.10 Å². The highest BCUT2D eigenvalue weighted by atomic mass is 35.5. The topological polar surface area (TPSA) is 62.3 Å². The number of aromatic nitrogens is 2. The molecular weight excluding hydrogens is 373 g/mol. The van der Waals surface area contributed by atoms with Crippen LogP contribution in [0.15, 0.2) is 54.7 Å². The summed E-state index contributed by atoms with van der Waals surface area (Å²) in [5, 5.41) is 4.97. The van der Waals surface area contributed by atoms with E-state index >= 15 is 0 Å². The number of hydrogen-bond donors (Lipinski definition) is 1. The molecule has 26 heavy (non-hydrogen) atoms. The summed E-state index contributed by atoms with van der Waals surface area (Å²) in [6.07, 6.45) is 1.79. The number of ether oxygens (including phenoxy) is 2. The predicted octanol–water partition coefficient (Wildman–Crippen LogP) is 4.06. The fraction of sp³-hybridized carbons (Fsp3) is 0.211. The van der Waals surface area contributed by atoms with Crippen molar-refractivity contribution in [2.24, 2.45) is 5.73 Å². The lowest BCUT2D eigenvalue weighted by Crippen LogP contribution is -2.24. The molecule has 1 aliphatic heterocycles. The number of benzene rings is 2. The molecule has 1 atom stereocenters. The summed E-state index contributed by atoms with van der Waals surface area (Å²) in [5.41, 5.74) is 9.85. The normalized spacial score (nSPS) is 15.8. The van der Waals surface area contributed by atoms with Gasteiger partial charge in [-0.3, -0.25) is 0 Å². The van der Waals surface area contributed by atoms with Gasteiger partial charge in [-0.05, 0) is 17.7 Å². The molecule has 2 N–H and O–H groups in total. The molecule has 7 heteroatoms. The van der Waals surface area contributed by atoms with Crippen molar-refractivity contribution in [2.45, 2.75) is 19.3 Å². The van der Waals surface area contributed by atoms with Crippen LogP contribution in [-0.4, -0.2) is 16.4 Å². The van der Waals surface area contributed by atoms with Gasteiger partial charge in [-0.1, -0.05) is 48.0 Å². The minimum atomic E-state index is -0.159. The Balaban J connectivity index is 0.00000196. The van der Waals surface area contributed by atoms with E-state index < -0.39 is 0 Å². The van der Waals surface area contributed by atoms with Crippen molar-refractivity contribution in [3.8, 4) is 11.4 Å². The van der Waals surface area contributed by atoms with E-state index in [-0.39, 0.29) is 18.4 Å². The Morgan fingerprint density at radius 1 is 1.19 bits per heavy atom. The summed E-state index contributed by atoms with van der Waals surface area (Å²) in [6, 6.07) is 15.5. The molecule has 0 fully saturated rings. The highest BCUT2D eigenvalue weighted by Crippen LogP contribution is 2.34. The third-order valence-electron chi connectivity index (χ3n) is 4.25. The highest BCUT2D eigenvalue weighted by molar-refractivity contribution is 6.33. The van der Waals surface area contributed by atoms with Crippen molar-refractivity contribution < 1.29 is 9.47 Å². The first-order chi connectivity index (χ1) is 12.2. The van der Waals surface area contributed by atoms with Crippen LogP contribution < -0.4 is 10.5 Å². The maximum Gasteiger partial charge on any atom is 0.140 e. The number of halogens is 2. The monoisotopic (exact) mass is 391 g/mol. The van der Waals surface area contributed by atoms with Gasteiger partial charge in [-0.2, -0.15) is 5.10 Å². The zero-order valence-electron chi connectivity index (χ0n) is 14.0. The largest absolute Gasteiger partial charge is 0.487 e. The fourth-order valence-electron chi connectivity index (χ4n) is 2.93. The molecular formula is C19H19Cl2N3O2. The van der Waals surface area contributed by atoms with Gasteiger partial charge in [-0.15, -0.1) is 12.4 Å². The maximum absolute atomic E-state index is 6.59. The first kappa shape index (κ1) is 18.7. The minimum Gasteiger partial charge on any atom is -0.487 e. The molecule has 0 saturated heterocycles. The van der Waals surface area contributed by atoms with E-state index in [1.807, 2.05) is 48.5 Å². The van der Waals surface area contributed by atoms with Crippen molar-refractivity contribution >= 4 is 24.0 Å². The van der Waals surface area contributed by atoms with E-state index in [0.29, 0.717) is 30.6 Å². The van der Waals surface area contributed by atoms with Crippen LogP contribution >= 0.6 is 24.0 Å². The number of rotatable bonds is 4. The lowest BCUT2D eigenvalue weighted by molar-refractivity contribution is 0.0885. The van der Waals surface area contributed by atoms with Gasteiger partial charge in [0.1, 0.15) is 17.4 Å². The van der Waals surface area contributed by atoms with Crippen molar-refractivity contribution in [1.29, 1.82) is 0 Å². The second kappa shape index (κ2) is 8.10. The smallest absolute Gasteiger partial charge is 0.140 e. The van der Waals surface area contributed by atoms with Crippen molar-refractivity contribution in [3.05, 3.63) is 76.6 Å². The van der Waals surface area contributed by atoms with Crippen molar-refractivity contribution in [2.75, 3.05) is 6.61 Å². The molecule has 0 bridgehead atoms. The lowest BCUT2D eigenvalue weighted by Gasteiger charge is -2.20. The minimum absolute atomic E-state index is 0. The van der Waals surface area contributed by atoms with Crippen LogP contribution in [0.4, 0.5) is 0 Å². The Morgan fingerprint density at radius 3 is 2.81 bits per heavy atom. The van der Waals surface area contributed by atoms with Crippen LogP contribution in [0.3, 0.4) is 0 Å². The summed E-state index contributed by atoms with van der Waals surface area (Å²) >= 11 is 6.59. The van der Waals surface area contributed by atoms with E-state index in [4.69, 9.17) is 26.8 Å². The Bertz CT molecular complexity index is 884. The Morgan fingerprint density at radius 2 is 2.00 bits per heavy atom. The molecule has 0 aliphatic carbocycles. The number of nitrogens with zero attached hydrogens (tertiary/aromatic N) is 2. The second-order valence-corrected chi connectivity index (χ2v) is 6.32. The molecule has 0 saturated carbocycles. The van der Waals surface area contributed by atoms with E-state index in [1.165, 1.54) is 0 Å². The number of fused-ring (bicyclic) bond motifs is 1. The lowest BCUT2D eigenvalue weighted by atomic mass is 10.1. The van der Waals surface area contributed by atoms with E-state index in [1.54, 1.807) is 10.9 Å². The van der Waals surface area contributed by atoms with Gasteiger partial charge >= 0.3 is 0 Å². The fourth-order valence-corrected chi connectivity index (χ4v) is 3.19. The van der Waals surface area contributed by atoms with Crippen LogP contribution in [0, 0.1) is 0 Å². The summed E-state index contributed by atoms with van der Waals surface area (Å²) in [4.78, 5) is 0. The van der Waals surface area contributed by atoms with E-state index in [9.17, 15) is 0 Å². The molecule has 5 nitrogen and oxygen atoms in total. The van der Waals surface area contributed by atoms with Gasteiger partial charge in [0.2, 0.25) is 0 Å². The number of hydrogen-bond acceptors (Lipinski definition) is 4. The average Bonchev–Trinajstić information content (AvgIpc) is 3.07. The Hall–Kier alpha value is -2.05. The van der Waals surface area contributed by atoms with Crippen molar-refractivity contribution in [3.63, 3.8) is 0 Å². The molecule has 3 aromatic rings.